The van der Waals surface area contributed by atoms with Gasteiger partial charge in [0.15, 0.2) is 0 Å². The van der Waals surface area contributed by atoms with Crippen LogP contribution in [0, 0.1) is 0 Å². The van der Waals surface area contributed by atoms with Crippen LogP contribution in [0.3, 0.4) is 0 Å². The predicted octanol–water partition coefficient (Wildman–Crippen LogP) is 3.19. The summed E-state index contributed by atoms with van der Waals surface area (Å²) in [5, 5.41) is 12.0. The number of hydrogen-bond acceptors (Lipinski definition) is 4. The minimum absolute atomic E-state index is 0.0517. The molecule has 9 heteroatoms. The normalized spacial score (nSPS) is 12.8. The van der Waals surface area contributed by atoms with E-state index in [1.165, 1.54) is 24.1 Å². The second-order valence-corrected chi connectivity index (χ2v) is 6.29. The molecule has 148 valence electrons. The van der Waals surface area contributed by atoms with E-state index in [-0.39, 0.29) is 24.7 Å². The molecule has 0 spiro atoms. The summed E-state index contributed by atoms with van der Waals surface area (Å²) in [6.45, 7) is -0.210. The van der Waals surface area contributed by atoms with Gasteiger partial charge < -0.3 is 20.3 Å². The number of amides is 1. The zero-order valence-electron chi connectivity index (χ0n) is 15.0. The number of para-hydroxylation sites is 2. The monoisotopic (exact) mass is 392 g/mol. The third-order valence-electron chi connectivity index (χ3n) is 4.28. The number of aromatic amines is 1. The van der Waals surface area contributed by atoms with Crippen LogP contribution < -0.4 is 5.32 Å². The van der Waals surface area contributed by atoms with Crippen LogP contribution in [0.4, 0.5) is 19.1 Å². The van der Waals surface area contributed by atoms with Crippen molar-refractivity contribution in [1.82, 2.24) is 14.9 Å². The van der Waals surface area contributed by atoms with E-state index in [4.69, 9.17) is 5.11 Å². The molecule has 3 rings (SSSR count). The molecule has 1 aromatic heterocycles. The number of carbonyl (C=O) groups excluding carboxylic acids is 1. The number of H-pyrrole nitrogens is 1. The van der Waals surface area contributed by atoms with Crippen LogP contribution in [-0.2, 0) is 11.0 Å². The Morgan fingerprint density at radius 1 is 1.25 bits per heavy atom. The lowest BCUT2D eigenvalue weighted by Gasteiger charge is -2.24. The van der Waals surface area contributed by atoms with Crippen LogP contribution >= 0.6 is 0 Å². The van der Waals surface area contributed by atoms with Crippen molar-refractivity contribution in [2.24, 2.45) is 0 Å². The molecule has 0 aliphatic rings. The third-order valence-corrected chi connectivity index (χ3v) is 4.28. The van der Waals surface area contributed by atoms with E-state index in [0.717, 1.165) is 17.6 Å². The highest BCUT2D eigenvalue weighted by Crippen LogP contribution is 2.32. The fourth-order valence-electron chi connectivity index (χ4n) is 2.82. The number of halogens is 3. The fourth-order valence-corrected chi connectivity index (χ4v) is 2.82. The lowest BCUT2D eigenvalue weighted by Crippen LogP contribution is -2.37. The Labute approximate surface area is 159 Å². The summed E-state index contributed by atoms with van der Waals surface area (Å²) in [7, 11) is 1.47. The molecular weight excluding hydrogens is 373 g/mol. The maximum absolute atomic E-state index is 13.1. The molecule has 0 bridgehead atoms. The number of alkyl halides is 3. The van der Waals surface area contributed by atoms with Crippen molar-refractivity contribution in [2.75, 3.05) is 25.5 Å². The highest BCUT2D eigenvalue weighted by molar-refractivity contribution is 5.86. The quantitative estimate of drug-likeness (QED) is 0.602. The molecule has 1 unspecified atom stereocenters. The summed E-state index contributed by atoms with van der Waals surface area (Å²) in [6, 6.07) is 10.7. The minimum atomic E-state index is -4.53. The standard InChI is InChI=1S/C19H19F3N4O2/c1-26(9-10-27)17(28)16(12-5-4-6-13(11-12)19(20,21)22)25-18-23-14-7-2-3-8-15(14)24-18/h2-8,11,16,27H,9-10H2,1H3,(H2,23,24,25). The number of aromatic nitrogens is 2. The van der Waals surface area contributed by atoms with Crippen molar-refractivity contribution < 1.29 is 23.1 Å². The molecule has 28 heavy (non-hydrogen) atoms. The van der Waals surface area contributed by atoms with E-state index in [2.05, 4.69) is 15.3 Å². The summed E-state index contributed by atoms with van der Waals surface area (Å²) < 4.78 is 39.3. The molecule has 2 aromatic carbocycles. The van der Waals surface area contributed by atoms with E-state index in [1.807, 2.05) is 6.07 Å². The molecule has 0 aliphatic heterocycles. The summed E-state index contributed by atoms with van der Waals surface area (Å²) in [5.41, 5.74) is 0.678. The van der Waals surface area contributed by atoms with Crippen molar-refractivity contribution in [2.45, 2.75) is 12.2 Å². The number of fused-ring (bicyclic) bond motifs is 1. The summed E-state index contributed by atoms with van der Waals surface area (Å²) in [4.78, 5) is 21.4. The molecule has 0 radical (unpaired) electrons. The zero-order chi connectivity index (χ0) is 20.3. The SMILES string of the molecule is CN(CCO)C(=O)C(Nc1nc2ccccc2[nH]1)c1cccc(C(F)(F)F)c1. The molecule has 3 N–H and O–H groups in total. The number of aliphatic hydroxyl groups excluding tert-OH is 1. The second-order valence-electron chi connectivity index (χ2n) is 6.29. The molecule has 3 aromatic rings. The Kier molecular flexibility index (Phi) is 5.55. The number of likely N-dealkylation sites (N-methyl/N-ethyl adjacent to an activating group) is 1. The van der Waals surface area contributed by atoms with Gasteiger partial charge in [-0.1, -0.05) is 24.3 Å². The molecule has 0 saturated carbocycles. The number of imidazole rings is 1. The van der Waals surface area contributed by atoms with Crippen molar-refractivity contribution in [3.8, 4) is 0 Å². The van der Waals surface area contributed by atoms with E-state index < -0.39 is 23.7 Å². The van der Waals surface area contributed by atoms with Crippen molar-refractivity contribution >= 4 is 22.9 Å². The number of hydrogen-bond donors (Lipinski definition) is 3. The van der Waals surface area contributed by atoms with E-state index in [0.29, 0.717) is 5.52 Å². The fraction of sp³-hybridized carbons (Fsp3) is 0.263. The third kappa shape index (κ3) is 4.25. The number of benzene rings is 2. The topological polar surface area (TPSA) is 81.2 Å². The van der Waals surface area contributed by atoms with Gasteiger partial charge in [0.1, 0.15) is 6.04 Å². The first kappa shape index (κ1) is 19.7. The van der Waals surface area contributed by atoms with Gasteiger partial charge >= 0.3 is 6.18 Å². The number of carbonyl (C=O) groups is 1. The summed E-state index contributed by atoms with van der Waals surface area (Å²) in [5.74, 6) is -0.233. The molecule has 0 aliphatic carbocycles. The van der Waals surface area contributed by atoms with Crippen LogP contribution in [0.1, 0.15) is 17.2 Å². The lowest BCUT2D eigenvalue weighted by atomic mass is 10.0. The first-order chi connectivity index (χ1) is 13.3. The van der Waals surface area contributed by atoms with Crippen LogP contribution in [0.2, 0.25) is 0 Å². The van der Waals surface area contributed by atoms with Gasteiger partial charge in [-0.05, 0) is 29.8 Å². The van der Waals surface area contributed by atoms with Crippen LogP contribution in [0.25, 0.3) is 11.0 Å². The second kappa shape index (κ2) is 7.89. The Hall–Kier alpha value is -3.07. The minimum Gasteiger partial charge on any atom is -0.395 e. The Morgan fingerprint density at radius 3 is 2.68 bits per heavy atom. The van der Waals surface area contributed by atoms with E-state index in [9.17, 15) is 18.0 Å². The first-order valence-corrected chi connectivity index (χ1v) is 8.54. The van der Waals surface area contributed by atoms with Crippen molar-refractivity contribution in [3.05, 3.63) is 59.7 Å². The van der Waals surface area contributed by atoms with Crippen LogP contribution in [-0.4, -0.2) is 46.1 Å². The van der Waals surface area contributed by atoms with Gasteiger partial charge in [-0.3, -0.25) is 4.79 Å². The van der Waals surface area contributed by atoms with Gasteiger partial charge in [0.2, 0.25) is 11.9 Å². The zero-order valence-corrected chi connectivity index (χ0v) is 15.0. The molecule has 0 saturated heterocycles. The summed E-state index contributed by atoms with van der Waals surface area (Å²) in [6.07, 6.45) is -4.53. The summed E-state index contributed by atoms with van der Waals surface area (Å²) >= 11 is 0. The number of nitrogens with one attached hydrogen (secondary N) is 2. The largest absolute Gasteiger partial charge is 0.416 e. The average Bonchev–Trinajstić information content (AvgIpc) is 3.08. The molecule has 1 atom stereocenters. The van der Waals surface area contributed by atoms with Gasteiger partial charge in [0.05, 0.1) is 23.2 Å². The average molecular weight is 392 g/mol. The number of aliphatic hydroxyl groups is 1. The van der Waals surface area contributed by atoms with Crippen LogP contribution in [0.5, 0.6) is 0 Å². The lowest BCUT2D eigenvalue weighted by molar-refractivity contribution is -0.138. The highest BCUT2D eigenvalue weighted by Gasteiger charge is 2.32. The van der Waals surface area contributed by atoms with Gasteiger partial charge in [0.25, 0.3) is 0 Å². The van der Waals surface area contributed by atoms with Gasteiger partial charge in [-0.25, -0.2) is 4.98 Å². The van der Waals surface area contributed by atoms with Crippen molar-refractivity contribution in [3.63, 3.8) is 0 Å². The number of anilines is 1. The molecule has 0 fully saturated rings. The van der Waals surface area contributed by atoms with Gasteiger partial charge in [0, 0.05) is 13.6 Å². The van der Waals surface area contributed by atoms with E-state index >= 15 is 0 Å². The molecule has 1 amide bonds. The molecule has 1 heterocycles. The first-order valence-electron chi connectivity index (χ1n) is 8.54. The maximum Gasteiger partial charge on any atom is 0.416 e. The molecule has 6 nitrogen and oxygen atoms in total. The van der Waals surface area contributed by atoms with Gasteiger partial charge in [-0.15, -0.1) is 0 Å². The van der Waals surface area contributed by atoms with Crippen molar-refractivity contribution in [1.29, 1.82) is 0 Å². The van der Waals surface area contributed by atoms with Crippen LogP contribution in [0.15, 0.2) is 48.5 Å². The number of nitrogens with zero attached hydrogens (tertiary/aromatic N) is 2. The van der Waals surface area contributed by atoms with E-state index in [1.54, 1.807) is 18.2 Å². The number of rotatable bonds is 6. The Balaban J connectivity index is 1.98. The predicted molar refractivity (Wildman–Crippen MR) is 98.6 cm³/mol. The highest BCUT2D eigenvalue weighted by atomic mass is 19.4. The maximum atomic E-state index is 13.1. The molecular formula is C19H19F3N4O2. The Bertz CT molecular complexity index is 938. The Morgan fingerprint density at radius 2 is 2.00 bits per heavy atom. The smallest absolute Gasteiger partial charge is 0.395 e. The van der Waals surface area contributed by atoms with Gasteiger partial charge in [-0.2, -0.15) is 13.2 Å².